The van der Waals surface area contributed by atoms with Crippen LogP contribution in [0.4, 0.5) is 14.4 Å². The molecule has 5 heterocycles. The molecule has 4 atom stereocenters. The number of morpholine rings is 4. The molecule has 1 aromatic rings. The van der Waals surface area contributed by atoms with E-state index in [1.165, 1.54) is 9.80 Å². The summed E-state index contributed by atoms with van der Waals surface area (Å²) in [5.41, 5.74) is -1.01. The second-order valence-electron chi connectivity index (χ2n) is 18.5. The lowest BCUT2D eigenvalue weighted by atomic mass is 10.1. The molecular formula is C43H73N7O16. The van der Waals surface area contributed by atoms with Crippen LogP contribution in [0.1, 0.15) is 83.0 Å². The van der Waals surface area contributed by atoms with Crippen LogP contribution in [0, 0.1) is 0 Å². The molecule has 4 saturated heterocycles. The number of fused-ring (bicyclic) bond motifs is 1. The first-order valence-corrected chi connectivity index (χ1v) is 22.0. The normalized spacial score (nSPS) is 22.4. The highest BCUT2D eigenvalue weighted by atomic mass is 16.7. The molecule has 0 aliphatic carbocycles. The van der Waals surface area contributed by atoms with Crippen molar-refractivity contribution < 1.29 is 76.8 Å². The van der Waals surface area contributed by atoms with E-state index in [1.54, 1.807) is 49.9 Å². The molecule has 23 heteroatoms. The van der Waals surface area contributed by atoms with Crippen molar-refractivity contribution in [1.82, 2.24) is 25.1 Å². The third-order valence-electron chi connectivity index (χ3n) is 9.51. The number of rotatable bonds is 8. The molecule has 0 spiro atoms. The number of aliphatic hydroxyl groups is 1. The van der Waals surface area contributed by atoms with Gasteiger partial charge < -0.3 is 53.3 Å². The van der Waals surface area contributed by atoms with Crippen molar-refractivity contribution in [1.29, 1.82) is 0 Å². The first kappa shape index (κ1) is 56.1. The highest BCUT2D eigenvalue weighted by molar-refractivity contribution is 6.20. The Morgan fingerprint density at radius 1 is 0.621 bits per heavy atom. The fraction of sp³-hybridized carbons (Fsp3) is 0.744. The summed E-state index contributed by atoms with van der Waals surface area (Å²) in [5.74, 6) is 8.86. The number of nitrogens with two attached hydrogens (primary N) is 2. The van der Waals surface area contributed by atoms with Crippen LogP contribution in [0.25, 0.3) is 0 Å². The van der Waals surface area contributed by atoms with Gasteiger partial charge in [-0.3, -0.25) is 29.1 Å². The van der Waals surface area contributed by atoms with Gasteiger partial charge in [0.15, 0.2) is 0 Å². The molecule has 0 radical (unpaired) electrons. The summed E-state index contributed by atoms with van der Waals surface area (Å²) < 4.78 is 36.9. The number of nitrogens with zero attached hydrogens (tertiary/aromatic N) is 4. The van der Waals surface area contributed by atoms with Crippen LogP contribution in [-0.4, -0.2) is 201 Å². The van der Waals surface area contributed by atoms with E-state index in [-0.39, 0.29) is 56.7 Å². The maximum absolute atomic E-state index is 12.4. The van der Waals surface area contributed by atoms with Gasteiger partial charge in [0, 0.05) is 26.2 Å². The lowest BCUT2D eigenvalue weighted by Gasteiger charge is -2.36. The number of hydrogen-bond acceptors (Lipinski definition) is 19. The van der Waals surface area contributed by atoms with E-state index in [2.05, 4.69) is 15.0 Å². The molecule has 4 fully saturated rings. The number of amides is 5. The number of carbonyl (C=O) groups excluding carboxylic acids is 5. The van der Waals surface area contributed by atoms with Gasteiger partial charge in [-0.2, -0.15) is 0 Å². The smallest absolute Gasteiger partial charge is 0.410 e. The zero-order chi connectivity index (χ0) is 49.1. The Bertz CT molecular complexity index is 1640. The van der Waals surface area contributed by atoms with Crippen LogP contribution in [0.2, 0.25) is 0 Å². The molecule has 5 aliphatic rings. The molecule has 23 nitrogen and oxygen atoms in total. The van der Waals surface area contributed by atoms with E-state index in [4.69, 9.17) is 54.9 Å². The van der Waals surface area contributed by atoms with Crippen LogP contribution in [0.5, 0.6) is 0 Å². The largest absolute Gasteiger partial charge is 0.444 e. The number of hydroxylamine groups is 2. The van der Waals surface area contributed by atoms with Crippen molar-refractivity contribution in [2.75, 3.05) is 105 Å². The summed E-state index contributed by atoms with van der Waals surface area (Å²) >= 11 is 0. The molecule has 0 bridgehead atoms. The number of hydrogen-bond donors (Lipinski definition) is 4. The topological polar surface area (TPSA) is 275 Å². The maximum atomic E-state index is 12.4. The van der Waals surface area contributed by atoms with Crippen molar-refractivity contribution in [3.05, 3.63) is 35.4 Å². The van der Waals surface area contributed by atoms with Crippen LogP contribution < -0.4 is 17.1 Å². The Kier molecular flexibility index (Phi) is 22.9. The van der Waals surface area contributed by atoms with Gasteiger partial charge in [0.25, 0.3) is 11.8 Å². The zero-order valence-electron chi connectivity index (χ0n) is 39.9. The Morgan fingerprint density at radius 3 is 1.39 bits per heavy atom. The number of ether oxygens (including phenoxy) is 7. The summed E-state index contributed by atoms with van der Waals surface area (Å²) in [5, 5.41) is 13.0. The quantitative estimate of drug-likeness (QED) is 0.164. The SMILES string of the molecule is CC(C)(C)OC(=O)N1CCOC[C@@H]1CO.CC(C)(C)OC(=O)N1CCOC[C@@H]1CON.CC(C)(C)OC(=O)N1CCOC[C@@H]1CON1C(=O)c2ccccc2C1=O.NOC[C@H]1COCCN1. The number of benzene rings is 1. The van der Waals surface area contributed by atoms with Gasteiger partial charge in [-0.05, 0) is 74.4 Å². The lowest BCUT2D eigenvalue weighted by Crippen LogP contribution is -2.53. The van der Waals surface area contributed by atoms with Crippen molar-refractivity contribution in [2.45, 2.75) is 103 Å². The van der Waals surface area contributed by atoms with E-state index in [9.17, 15) is 24.0 Å². The van der Waals surface area contributed by atoms with Crippen molar-refractivity contribution in [2.24, 2.45) is 11.8 Å². The zero-order valence-corrected chi connectivity index (χ0v) is 39.9. The van der Waals surface area contributed by atoms with Crippen molar-refractivity contribution in [3.8, 4) is 0 Å². The monoisotopic (exact) mass is 944 g/mol. The Hall–Kier alpha value is -4.27. The lowest BCUT2D eigenvalue weighted by molar-refractivity contribution is -0.125. The molecule has 6 N–H and O–H groups in total. The minimum absolute atomic E-state index is 0.0509. The van der Waals surface area contributed by atoms with Gasteiger partial charge in [-0.15, -0.1) is 5.06 Å². The molecule has 0 unspecified atom stereocenters. The van der Waals surface area contributed by atoms with Crippen LogP contribution in [0.3, 0.4) is 0 Å². The Balaban J connectivity index is 0.000000250. The van der Waals surface area contributed by atoms with Crippen molar-refractivity contribution in [3.63, 3.8) is 0 Å². The Morgan fingerprint density at radius 2 is 1.02 bits per heavy atom. The summed E-state index contributed by atoms with van der Waals surface area (Å²) in [6.07, 6.45) is -1.21. The fourth-order valence-corrected chi connectivity index (χ4v) is 6.47. The van der Waals surface area contributed by atoms with Crippen LogP contribution in [0.15, 0.2) is 24.3 Å². The average molecular weight is 944 g/mol. The fourth-order valence-electron chi connectivity index (χ4n) is 6.47. The third kappa shape index (κ3) is 19.1. The molecular weight excluding hydrogens is 871 g/mol. The molecule has 376 valence electrons. The second kappa shape index (κ2) is 26.9. The van der Waals surface area contributed by atoms with E-state index in [1.807, 2.05) is 41.5 Å². The first-order chi connectivity index (χ1) is 31.1. The van der Waals surface area contributed by atoms with E-state index in [0.717, 1.165) is 18.2 Å². The molecule has 6 rings (SSSR count). The predicted molar refractivity (Wildman–Crippen MR) is 236 cm³/mol. The number of nitrogens with one attached hydrogen (secondary N) is 1. The van der Waals surface area contributed by atoms with Crippen LogP contribution >= 0.6 is 0 Å². The predicted octanol–water partition coefficient (Wildman–Crippen LogP) is 1.84. The summed E-state index contributed by atoms with van der Waals surface area (Å²) in [6, 6.07) is 5.90. The molecule has 66 heavy (non-hydrogen) atoms. The number of carbonyl (C=O) groups is 5. The highest BCUT2D eigenvalue weighted by Gasteiger charge is 2.39. The summed E-state index contributed by atoms with van der Waals surface area (Å²) in [7, 11) is 0. The van der Waals surface area contributed by atoms with E-state index in [0.29, 0.717) is 77.0 Å². The van der Waals surface area contributed by atoms with Gasteiger partial charge in [0.2, 0.25) is 0 Å². The summed E-state index contributed by atoms with van der Waals surface area (Å²) in [6.45, 7) is 23.1. The first-order valence-electron chi connectivity index (χ1n) is 22.0. The third-order valence-corrected chi connectivity index (χ3v) is 9.51. The maximum Gasteiger partial charge on any atom is 0.410 e. The molecule has 0 aromatic heterocycles. The van der Waals surface area contributed by atoms with Crippen molar-refractivity contribution >= 4 is 30.1 Å². The van der Waals surface area contributed by atoms with E-state index >= 15 is 0 Å². The minimum atomic E-state index is -0.622. The highest BCUT2D eigenvalue weighted by Crippen LogP contribution is 2.24. The molecule has 1 aromatic carbocycles. The van der Waals surface area contributed by atoms with Crippen LogP contribution in [-0.2, 0) is 47.7 Å². The van der Waals surface area contributed by atoms with Gasteiger partial charge in [0.05, 0.1) is 115 Å². The second-order valence-corrected chi connectivity index (χ2v) is 18.5. The molecule has 5 aliphatic heterocycles. The minimum Gasteiger partial charge on any atom is -0.444 e. The van der Waals surface area contributed by atoms with Gasteiger partial charge in [0.1, 0.15) is 16.8 Å². The number of aliphatic hydroxyl groups excluding tert-OH is 1. The molecule has 0 saturated carbocycles. The van der Waals surface area contributed by atoms with Gasteiger partial charge in [-0.1, -0.05) is 12.1 Å². The van der Waals surface area contributed by atoms with Gasteiger partial charge in [-0.25, -0.2) is 26.2 Å². The standard InChI is InChI=1S/C18H22N2O6.C10H20N2O4.C10H19NO4.C5H12N2O2/c1-18(2,3)26-17(23)19-8-9-24-10-12(19)11-25-20-15(21)13-6-4-5-7-14(13)16(20)22;1-10(2,3)16-9(13)12-4-5-14-6-8(12)7-15-11;1-10(2,3)15-9(13)11-4-5-14-7-8(11)6-12;6-9-4-5-3-8-2-1-7-5/h4-7,12H,8-11H2,1-3H3;8H,4-7,11H2,1-3H3;8,12H,4-7H2,1-3H3;5,7H,1-4,6H2/t12-;2*8-;5-/m1101/s1. The summed E-state index contributed by atoms with van der Waals surface area (Å²) in [4.78, 5) is 79.7. The molecule has 5 amide bonds. The van der Waals surface area contributed by atoms with Gasteiger partial charge >= 0.3 is 18.3 Å². The Labute approximate surface area is 387 Å². The average Bonchev–Trinajstić information content (AvgIpc) is 3.50. The number of imide groups is 1. The van der Waals surface area contributed by atoms with E-state index < -0.39 is 40.8 Å².